The molecule has 1 atom stereocenters. The normalized spacial score (nSPS) is 12.4. The van der Waals surface area contributed by atoms with Gasteiger partial charge in [-0.2, -0.15) is 0 Å². The second kappa shape index (κ2) is 61.7. The van der Waals surface area contributed by atoms with Crippen LogP contribution in [0, 0.1) is 0 Å². The van der Waals surface area contributed by atoms with Gasteiger partial charge in [-0.05, 0) is 44.9 Å². The second-order valence-electron chi connectivity index (χ2n) is 21.3. The predicted molar refractivity (Wildman–Crippen MR) is 316 cm³/mol. The molecule has 0 N–H and O–H groups in total. The van der Waals surface area contributed by atoms with E-state index >= 15 is 0 Å². The van der Waals surface area contributed by atoms with E-state index in [0.717, 1.165) is 70.6 Å². The average molecular weight is 1020 g/mol. The number of esters is 3. The van der Waals surface area contributed by atoms with Crippen molar-refractivity contribution in [2.45, 2.75) is 335 Å². The van der Waals surface area contributed by atoms with Crippen molar-refractivity contribution in [3.63, 3.8) is 0 Å². The lowest BCUT2D eigenvalue weighted by molar-refractivity contribution is -0.166. The molecule has 1 unspecified atom stereocenters. The number of carbonyl (C=O) groups excluding carboxylic acids is 3. The van der Waals surface area contributed by atoms with Crippen molar-refractivity contribution in [2.75, 3.05) is 13.2 Å². The molecule has 0 spiro atoms. The van der Waals surface area contributed by atoms with Crippen LogP contribution in [0.25, 0.3) is 0 Å². The number of rotatable bonds is 58. The molecule has 0 saturated carbocycles. The molecule has 0 heterocycles. The molecule has 0 rings (SSSR count). The lowest BCUT2D eigenvalue weighted by atomic mass is 10.0. The topological polar surface area (TPSA) is 78.9 Å². The van der Waals surface area contributed by atoms with Crippen molar-refractivity contribution in [1.29, 1.82) is 0 Å². The van der Waals surface area contributed by atoms with Gasteiger partial charge in [0.1, 0.15) is 13.2 Å². The van der Waals surface area contributed by atoms with Crippen LogP contribution in [0.3, 0.4) is 0 Å². The van der Waals surface area contributed by atoms with E-state index in [0.29, 0.717) is 12.8 Å². The molecule has 0 aliphatic carbocycles. The van der Waals surface area contributed by atoms with Gasteiger partial charge < -0.3 is 14.2 Å². The highest BCUT2D eigenvalue weighted by atomic mass is 16.6. The minimum absolute atomic E-state index is 0.101. The minimum Gasteiger partial charge on any atom is -0.462 e. The van der Waals surface area contributed by atoms with E-state index in [2.05, 4.69) is 69.4 Å². The van der Waals surface area contributed by atoms with Crippen LogP contribution in [0.5, 0.6) is 0 Å². The quantitative estimate of drug-likeness (QED) is 0.0261. The Bertz CT molecular complexity index is 1310. The molecule has 0 saturated heterocycles. The summed E-state index contributed by atoms with van der Waals surface area (Å²) < 4.78 is 16.8. The summed E-state index contributed by atoms with van der Waals surface area (Å²) in [5.41, 5.74) is 0. The maximum Gasteiger partial charge on any atom is 0.310 e. The number of hydrogen-bond acceptors (Lipinski definition) is 6. The summed E-state index contributed by atoms with van der Waals surface area (Å²) in [6.07, 6.45) is 78.5. The van der Waals surface area contributed by atoms with Crippen LogP contribution in [-0.4, -0.2) is 37.2 Å². The van der Waals surface area contributed by atoms with Crippen molar-refractivity contribution < 1.29 is 28.6 Å². The molecule has 0 radical (unpaired) electrons. The van der Waals surface area contributed by atoms with Gasteiger partial charge in [0.25, 0.3) is 0 Å². The summed E-state index contributed by atoms with van der Waals surface area (Å²) in [6.45, 7) is 6.48. The van der Waals surface area contributed by atoms with E-state index in [9.17, 15) is 14.4 Å². The van der Waals surface area contributed by atoms with Gasteiger partial charge in [0.05, 0.1) is 6.42 Å². The highest BCUT2D eigenvalue weighted by molar-refractivity contribution is 5.72. The lowest BCUT2D eigenvalue weighted by Crippen LogP contribution is -2.30. The third kappa shape index (κ3) is 59.9. The Kier molecular flexibility index (Phi) is 59.2. The number of hydrogen-bond donors (Lipinski definition) is 0. The molecular weight excluding hydrogens is 901 g/mol. The van der Waals surface area contributed by atoms with E-state index in [-0.39, 0.29) is 31.6 Å². The van der Waals surface area contributed by atoms with E-state index < -0.39 is 12.1 Å². The molecule has 0 fully saturated rings. The van der Waals surface area contributed by atoms with E-state index in [1.807, 2.05) is 6.08 Å². The van der Waals surface area contributed by atoms with Gasteiger partial charge in [-0.1, -0.05) is 326 Å². The summed E-state index contributed by atoms with van der Waals surface area (Å²) in [5.74, 6) is -1.02. The van der Waals surface area contributed by atoms with Gasteiger partial charge in [-0.15, -0.1) is 0 Å². The third-order valence-electron chi connectivity index (χ3n) is 14.1. The highest BCUT2D eigenvalue weighted by Crippen LogP contribution is 2.18. The van der Waals surface area contributed by atoms with Gasteiger partial charge >= 0.3 is 17.9 Å². The Balaban J connectivity index is 4.18. The van der Waals surface area contributed by atoms with Crippen LogP contribution < -0.4 is 0 Å². The summed E-state index contributed by atoms with van der Waals surface area (Å²) in [5, 5.41) is 0. The first-order valence-corrected chi connectivity index (χ1v) is 31.8. The van der Waals surface area contributed by atoms with Gasteiger partial charge in [0, 0.05) is 12.8 Å². The highest BCUT2D eigenvalue weighted by Gasteiger charge is 2.19. The van der Waals surface area contributed by atoms with Crippen LogP contribution in [0.1, 0.15) is 329 Å². The van der Waals surface area contributed by atoms with Crippen LogP contribution in [-0.2, 0) is 28.6 Å². The molecule has 6 nitrogen and oxygen atoms in total. The Morgan fingerprint density at radius 3 is 0.781 bits per heavy atom. The second-order valence-corrected chi connectivity index (χ2v) is 21.3. The minimum atomic E-state index is -0.825. The van der Waals surface area contributed by atoms with Crippen molar-refractivity contribution in [3.8, 4) is 0 Å². The molecule has 0 aromatic carbocycles. The Morgan fingerprint density at radius 2 is 0.521 bits per heavy atom. The summed E-state index contributed by atoms with van der Waals surface area (Å²) in [6, 6.07) is 0. The van der Waals surface area contributed by atoms with Crippen molar-refractivity contribution in [2.24, 2.45) is 0 Å². The lowest BCUT2D eigenvalue weighted by Gasteiger charge is -2.18. The van der Waals surface area contributed by atoms with E-state index in [1.165, 1.54) is 218 Å². The fourth-order valence-corrected chi connectivity index (χ4v) is 9.35. The molecule has 0 aromatic heterocycles. The largest absolute Gasteiger partial charge is 0.462 e. The van der Waals surface area contributed by atoms with Crippen LogP contribution in [0.2, 0.25) is 0 Å². The molecule has 0 aliphatic heterocycles. The summed E-state index contributed by atoms with van der Waals surface area (Å²) >= 11 is 0. The van der Waals surface area contributed by atoms with Gasteiger partial charge in [-0.3, -0.25) is 14.4 Å². The number of carbonyl (C=O) groups is 3. The average Bonchev–Trinajstić information content (AvgIpc) is 3.39. The van der Waals surface area contributed by atoms with Crippen molar-refractivity contribution in [3.05, 3.63) is 60.8 Å². The fraction of sp³-hybridized carbons (Fsp3) is 0.806. The molecule has 424 valence electrons. The van der Waals surface area contributed by atoms with Crippen molar-refractivity contribution in [1.82, 2.24) is 0 Å². The van der Waals surface area contributed by atoms with E-state index in [1.54, 1.807) is 6.08 Å². The van der Waals surface area contributed by atoms with Gasteiger partial charge in [0.2, 0.25) is 0 Å². The zero-order chi connectivity index (χ0) is 52.9. The summed E-state index contributed by atoms with van der Waals surface area (Å²) in [4.78, 5) is 38.1. The smallest absolute Gasteiger partial charge is 0.310 e. The fourth-order valence-electron chi connectivity index (χ4n) is 9.35. The third-order valence-corrected chi connectivity index (χ3v) is 14.1. The first-order chi connectivity index (χ1) is 36.0. The molecule has 0 aliphatic rings. The molecule has 0 amide bonds. The van der Waals surface area contributed by atoms with Gasteiger partial charge in [-0.25, -0.2) is 0 Å². The maximum atomic E-state index is 12.8. The summed E-state index contributed by atoms with van der Waals surface area (Å²) in [7, 11) is 0. The molecule has 6 heteroatoms. The monoisotopic (exact) mass is 1020 g/mol. The Morgan fingerprint density at radius 1 is 0.288 bits per heavy atom. The SMILES string of the molecule is CC/C=C\C/C=C\C/C=C\C/C=C\C/C=C\CC(=O)OC(COC(=O)CCCCCCCCCCCCC)COC(=O)CCCCCCCCCCCCCCCCCCCCCCCCCCCCCCC. The molecular formula is C67H120O6. The zero-order valence-electron chi connectivity index (χ0n) is 48.7. The predicted octanol–water partition coefficient (Wildman–Crippen LogP) is 21.6. The first kappa shape index (κ1) is 70.1. The first-order valence-electron chi connectivity index (χ1n) is 31.8. The van der Waals surface area contributed by atoms with Crippen LogP contribution in [0.4, 0.5) is 0 Å². The van der Waals surface area contributed by atoms with E-state index in [4.69, 9.17) is 14.2 Å². The maximum absolute atomic E-state index is 12.8. The van der Waals surface area contributed by atoms with Gasteiger partial charge in [0.15, 0.2) is 6.10 Å². The number of allylic oxidation sites excluding steroid dienone is 9. The zero-order valence-corrected chi connectivity index (χ0v) is 48.7. The Labute approximate surface area is 453 Å². The Hall–Kier alpha value is -2.89. The molecule has 0 bridgehead atoms. The molecule has 0 aromatic rings. The standard InChI is InChI=1S/C67H120O6/c1-4-7-10-13-16-19-22-24-26-27-28-29-30-31-32-33-34-35-36-37-38-39-41-42-45-48-51-54-57-60-66(69)72-63-64(62-71-65(68)59-56-53-50-47-44-21-18-15-12-9-6-3)73-67(70)61-58-55-52-49-46-43-40-25-23-20-17-14-11-8-5-2/h8,11,17,20,25,40,46,49,55,58,64H,4-7,9-10,12-16,18-19,21-24,26-39,41-45,47-48,50-54,56-57,59-63H2,1-3H3/b11-8-,20-17-,40-25-,49-46-,58-55-. The number of unbranched alkanes of at least 4 members (excludes halogenated alkanes) is 38. The number of ether oxygens (including phenoxy) is 3. The molecule has 73 heavy (non-hydrogen) atoms. The van der Waals surface area contributed by atoms with Crippen LogP contribution in [0.15, 0.2) is 60.8 Å². The van der Waals surface area contributed by atoms with Crippen LogP contribution >= 0.6 is 0 Å². The van der Waals surface area contributed by atoms with Crippen molar-refractivity contribution >= 4 is 17.9 Å².